The summed E-state index contributed by atoms with van der Waals surface area (Å²) in [5.74, 6) is -0.492. The molecule has 2 aromatic rings. The molecular weight excluding hydrogens is 366 g/mol. The number of allylic oxidation sites excluding steroid dienone is 2. The normalized spacial score (nSPS) is 18.3. The summed E-state index contributed by atoms with van der Waals surface area (Å²) in [5, 5.41) is 0. The Labute approximate surface area is 176 Å². The summed E-state index contributed by atoms with van der Waals surface area (Å²) in [4.78, 5) is 0. The molecular formula is C26H38F2O. The van der Waals surface area contributed by atoms with Gasteiger partial charge in [-0.15, -0.1) is 0 Å². The van der Waals surface area contributed by atoms with Crippen LogP contribution in [-0.2, 0) is 0 Å². The Hall–Kier alpha value is -2.16. The van der Waals surface area contributed by atoms with Gasteiger partial charge in [0.05, 0.1) is 7.11 Å². The average molecular weight is 405 g/mol. The maximum Gasteiger partial charge on any atom is 0.201 e. The lowest BCUT2D eigenvalue weighted by atomic mass is 9.77. The molecule has 1 aliphatic carbocycles. The zero-order chi connectivity index (χ0) is 18.5. The van der Waals surface area contributed by atoms with Gasteiger partial charge in [-0.25, -0.2) is 4.39 Å². The molecule has 0 bridgehead atoms. The third kappa shape index (κ3) is 6.16. The minimum atomic E-state index is -0.937. The van der Waals surface area contributed by atoms with Crippen LogP contribution in [0.3, 0.4) is 0 Å². The molecule has 0 aromatic heterocycles. The van der Waals surface area contributed by atoms with Gasteiger partial charge in [-0.05, 0) is 74.1 Å². The molecule has 1 saturated carbocycles. The van der Waals surface area contributed by atoms with Crippen LogP contribution in [0.2, 0.25) is 0 Å². The highest BCUT2D eigenvalue weighted by atomic mass is 19.2. The highest BCUT2D eigenvalue weighted by molar-refractivity contribution is 5.65. The Balaban J connectivity index is 0.00000261. The molecule has 0 N–H and O–H groups in total. The van der Waals surface area contributed by atoms with Crippen molar-refractivity contribution < 1.29 is 13.5 Å². The molecule has 3 heteroatoms. The van der Waals surface area contributed by atoms with E-state index in [9.17, 15) is 8.78 Å². The molecule has 0 radical (unpaired) electrons. The second-order valence-corrected chi connectivity index (χ2v) is 7.09. The van der Waals surface area contributed by atoms with E-state index >= 15 is 0 Å². The lowest BCUT2D eigenvalue weighted by Gasteiger charge is -2.28. The van der Waals surface area contributed by atoms with Crippen molar-refractivity contribution in [2.75, 3.05) is 7.11 Å². The fourth-order valence-corrected chi connectivity index (χ4v) is 3.91. The predicted molar refractivity (Wildman–Crippen MR) is 123 cm³/mol. The quantitative estimate of drug-likeness (QED) is 0.452. The minimum absolute atomic E-state index is 0. The maximum absolute atomic E-state index is 14.3. The number of benzene rings is 2. The number of halogens is 2. The van der Waals surface area contributed by atoms with E-state index in [4.69, 9.17) is 4.74 Å². The van der Waals surface area contributed by atoms with E-state index in [1.54, 1.807) is 6.07 Å². The standard InChI is InChI=1S/C23H26F2O.3CH4/c1-3-4-5-16-6-8-17(9-7-16)18-10-12-19(13-11-18)20-14-15-21(26-2)23(25)22(20)24;;;/h3-4,10-17H,5-9H2,1-2H3;3*1H4. The molecule has 2 aromatic carbocycles. The Morgan fingerprint density at radius 3 is 2.07 bits per heavy atom. The zero-order valence-corrected chi connectivity index (χ0v) is 15.5. The first-order valence-corrected chi connectivity index (χ1v) is 9.37. The zero-order valence-electron chi connectivity index (χ0n) is 15.5. The van der Waals surface area contributed by atoms with E-state index in [-0.39, 0.29) is 33.6 Å². The van der Waals surface area contributed by atoms with Crippen LogP contribution in [0.4, 0.5) is 8.78 Å². The first-order chi connectivity index (χ1) is 12.6. The van der Waals surface area contributed by atoms with Gasteiger partial charge in [0.25, 0.3) is 0 Å². The minimum Gasteiger partial charge on any atom is -0.494 e. The molecule has 3 rings (SSSR count). The molecule has 0 heterocycles. The molecule has 0 spiro atoms. The van der Waals surface area contributed by atoms with Crippen LogP contribution in [0.25, 0.3) is 11.1 Å². The second-order valence-electron chi connectivity index (χ2n) is 7.09. The number of hydrogen-bond acceptors (Lipinski definition) is 1. The number of methoxy groups -OCH3 is 1. The summed E-state index contributed by atoms with van der Waals surface area (Å²) in [6, 6.07) is 10.9. The van der Waals surface area contributed by atoms with E-state index in [1.807, 2.05) is 12.1 Å². The molecule has 29 heavy (non-hydrogen) atoms. The van der Waals surface area contributed by atoms with Gasteiger partial charge < -0.3 is 4.74 Å². The monoisotopic (exact) mass is 404 g/mol. The van der Waals surface area contributed by atoms with Gasteiger partial charge in [-0.1, -0.05) is 58.7 Å². The van der Waals surface area contributed by atoms with E-state index in [1.165, 1.54) is 50.8 Å². The van der Waals surface area contributed by atoms with Gasteiger partial charge >= 0.3 is 0 Å². The van der Waals surface area contributed by atoms with Crippen molar-refractivity contribution in [1.29, 1.82) is 0 Å². The predicted octanol–water partition coefficient (Wildman–Crippen LogP) is 8.79. The van der Waals surface area contributed by atoms with Gasteiger partial charge in [0.2, 0.25) is 5.82 Å². The fourth-order valence-electron chi connectivity index (χ4n) is 3.91. The third-order valence-corrected chi connectivity index (χ3v) is 5.51. The van der Waals surface area contributed by atoms with Crippen LogP contribution < -0.4 is 4.74 Å². The highest BCUT2D eigenvalue weighted by Gasteiger charge is 2.22. The highest BCUT2D eigenvalue weighted by Crippen LogP contribution is 2.38. The van der Waals surface area contributed by atoms with E-state index < -0.39 is 11.6 Å². The first kappa shape index (κ1) is 26.8. The number of ether oxygens (including phenoxy) is 1. The van der Waals surface area contributed by atoms with Gasteiger partial charge in [0.15, 0.2) is 11.6 Å². The molecule has 1 nitrogen and oxygen atoms in total. The summed E-state index contributed by atoms with van der Waals surface area (Å²) < 4.78 is 33.0. The summed E-state index contributed by atoms with van der Waals surface area (Å²) in [5.41, 5.74) is 2.26. The Morgan fingerprint density at radius 2 is 1.52 bits per heavy atom. The summed E-state index contributed by atoms with van der Waals surface area (Å²) in [7, 11) is 1.33. The summed E-state index contributed by atoms with van der Waals surface area (Å²) >= 11 is 0. The largest absolute Gasteiger partial charge is 0.494 e. The van der Waals surface area contributed by atoms with Crippen LogP contribution in [0, 0.1) is 17.6 Å². The van der Waals surface area contributed by atoms with Crippen molar-refractivity contribution in [1.82, 2.24) is 0 Å². The molecule has 0 unspecified atom stereocenters. The number of hydrogen-bond donors (Lipinski definition) is 0. The van der Waals surface area contributed by atoms with Gasteiger partial charge in [0.1, 0.15) is 0 Å². The molecule has 0 atom stereocenters. The lowest BCUT2D eigenvalue weighted by Crippen LogP contribution is -2.12. The molecule has 162 valence electrons. The Kier molecular flexibility index (Phi) is 11.5. The van der Waals surface area contributed by atoms with Crippen LogP contribution in [0.15, 0.2) is 48.6 Å². The molecule has 1 fully saturated rings. The topological polar surface area (TPSA) is 9.23 Å². The van der Waals surface area contributed by atoms with Crippen molar-refractivity contribution in [3.05, 3.63) is 65.7 Å². The Morgan fingerprint density at radius 1 is 0.897 bits per heavy atom. The maximum atomic E-state index is 14.3. The molecule has 0 aliphatic heterocycles. The lowest BCUT2D eigenvalue weighted by molar-refractivity contribution is 0.328. The third-order valence-electron chi connectivity index (χ3n) is 5.51. The van der Waals surface area contributed by atoms with Crippen molar-refractivity contribution >= 4 is 0 Å². The number of rotatable bonds is 5. The van der Waals surface area contributed by atoms with Crippen molar-refractivity contribution in [2.24, 2.45) is 5.92 Å². The smallest absolute Gasteiger partial charge is 0.201 e. The van der Waals surface area contributed by atoms with E-state index in [0.29, 0.717) is 11.5 Å². The van der Waals surface area contributed by atoms with Crippen molar-refractivity contribution in [2.45, 2.75) is 67.2 Å². The van der Waals surface area contributed by atoms with Crippen LogP contribution >= 0.6 is 0 Å². The molecule has 0 amide bonds. The van der Waals surface area contributed by atoms with Crippen LogP contribution in [-0.4, -0.2) is 7.11 Å². The van der Waals surface area contributed by atoms with E-state index in [2.05, 4.69) is 31.2 Å². The van der Waals surface area contributed by atoms with Gasteiger partial charge in [0, 0.05) is 5.56 Å². The SMILES string of the molecule is C.C.C.CC=CCC1CCC(c2ccc(-c3ccc(OC)c(F)c3F)cc2)CC1. The van der Waals surface area contributed by atoms with Crippen molar-refractivity contribution in [3.63, 3.8) is 0 Å². The molecule has 0 saturated heterocycles. The fraction of sp³-hybridized carbons (Fsp3) is 0.462. The van der Waals surface area contributed by atoms with Gasteiger partial charge in [-0.3, -0.25) is 0 Å². The first-order valence-electron chi connectivity index (χ1n) is 9.37. The van der Waals surface area contributed by atoms with Crippen LogP contribution in [0.1, 0.15) is 72.8 Å². The van der Waals surface area contributed by atoms with E-state index in [0.717, 1.165) is 5.92 Å². The molecule has 1 aliphatic rings. The Bertz CT molecular complexity index is 757. The average Bonchev–Trinajstić information content (AvgIpc) is 2.69. The summed E-state index contributed by atoms with van der Waals surface area (Å²) in [6.45, 7) is 2.07. The van der Waals surface area contributed by atoms with Crippen LogP contribution in [0.5, 0.6) is 5.75 Å². The second kappa shape index (κ2) is 12.4. The summed E-state index contributed by atoms with van der Waals surface area (Å²) in [6.07, 6.45) is 10.5. The van der Waals surface area contributed by atoms with Crippen molar-refractivity contribution in [3.8, 4) is 16.9 Å². The van der Waals surface area contributed by atoms with Gasteiger partial charge in [-0.2, -0.15) is 4.39 Å².